The molecule has 1 atom stereocenters. The Morgan fingerprint density at radius 2 is 2.33 bits per heavy atom. The molecule has 66 valence electrons. The molecule has 0 amide bonds. The standard InChI is InChI=1S/C8H11NS3/c1-8(2)5-6(8)12-7(10)11-4-3-9/h6H,4-5H2,1-2H3. The van der Waals surface area contributed by atoms with E-state index < -0.39 is 0 Å². The van der Waals surface area contributed by atoms with Gasteiger partial charge in [0.1, 0.15) is 3.53 Å². The number of nitrogens with zero attached hydrogens (tertiary/aromatic N) is 1. The monoisotopic (exact) mass is 217 g/mol. The lowest BCUT2D eigenvalue weighted by Crippen LogP contribution is -1.93. The molecule has 1 nitrogen and oxygen atoms in total. The zero-order valence-electron chi connectivity index (χ0n) is 7.16. The largest absolute Gasteiger partial charge is 0.197 e. The van der Waals surface area contributed by atoms with Crippen molar-refractivity contribution in [1.29, 1.82) is 5.26 Å². The first kappa shape index (κ1) is 10.4. The lowest BCUT2D eigenvalue weighted by Gasteiger charge is -2.02. The van der Waals surface area contributed by atoms with Gasteiger partial charge in [-0.25, -0.2) is 0 Å². The molecule has 1 aliphatic rings. The van der Waals surface area contributed by atoms with Gasteiger partial charge in [0, 0.05) is 5.25 Å². The van der Waals surface area contributed by atoms with Crippen LogP contribution in [0.3, 0.4) is 0 Å². The fraction of sp³-hybridized carbons (Fsp3) is 0.750. The van der Waals surface area contributed by atoms with Crippen molar-refractivity contribution >= 4 is 39.3 Å². The third-order valence-corrected chi connectivity index (χ3v) is 4.99. The molecule has 0 aromatic heterocycles. The van der Waals surface area contributed by atoms with Crippen molar-refractivity contribution in [1.82, 2.24) is 0 Å². The molecule has 1 saturated carbocycles. The van der Waals surface area contributed by atoms with Crippen LogP contribution >= 0.6 is 35.7 Å². The summed E-state index contributed by atoms with van der Waals surface area (Å²) in [6.07, 6.45) is 1.25. The summed E-state index contributed by atoms with van der Waals surface area (Å²) < 4.78 is 0.923. The normalized spacial score (nSPS) is 24.6. The van der Waals surface area contributed by atoms with Gasteiger partial charge in [0.05, 0.1) is 11.8 Å². The first-order valence-electron chi connectivity index (χ1n) is 3.76. The zero-order chi connectivity index (χ0) is 9.19. The Labute approximate surface area is 87.3 Å². The van der Waals surface area contributed by atoms with Crippen LogP contribution in [0.5, 0.6) is 0 Å². The fourth-order valence-electron chi connectivity index (χ4n) is 0.861. The van der Waals surface area contributed by atoms with Gasteiger partial charge in [0.2, 0.25) is 0 Å². The van der Waals surface area contributed by atoms with Gasteiger partial charge in [-0.15, -0.1) is 11.8 Å². The Bertz CT molecular complexity index is 229. The molecule has 0 heterocycles. The van der Waals surface area contributed by atoms with Crippen LogP contribution in [0.1, 0.15) is 20.3 Å². The SMILES string of the molecule is CC1(C)CC1SC(=S)SCC#N. The summed E-state index contributed by atoms with van der Waals surface area (Å²) in [5, 5.41) is 9.02. The van der Waals surface area contributed by atoms with E-state index in [2.05, 4.69) is 19.9 Å². The average Bonchev–Trinajstić information content (AvgIpc) is 2.54. The summed E-state index contributed by atoms with van der Waals surface area (Å²) in [4.78, 5) is 0. The van der Waals surface area contributed by atoms with Gasteiger partial charge in [-0.2, -0.15) is 5.26 Å². The van der Waals surface area contributed by atoms with Crippen LogP contribution in [0, 0.1) is 16.7 Å². The summed E-state index contributed by atoms with van der Waals surface area (Å²) in [6.45, 7) is 4.50. The minimum atomic E-state index is 0.474. The molecular formula is C8H11NS3. The highest BCUT2D eigenvalue weighted by Crippen LogP contribution is 2.54. The van der Waals surface area contributed by atoms with E-state index in [0.717, 1.165) is 3.53 Å². The lowest BCUT2D eigenvalue weighted by molar-refractivity contribution is 0.658. The van der Waals surface area contributed by atoms with Crippen LogP contribution in [0.25, 0.3) is 0 Å². The summed E-state index contributed by atoms with van der Waals surface area (Å²) in [5.41, 5.74) is 0.474. The van der Waals surface area contributed by atoms with Crippen LogP contribution in [0.15, 0.2) is 0 Å². The van der Waals surface area contributed by atoms with Gasteiger partial charge in [0.15, 0.2) is 0 Å². The number of nitriles is 1. The summed E-state index contributed by atoms with van der Waals surface area (Å²) in [5.74, 6) is 0.485. The van der Waals surface area contributed by atoms with E-state index in [1.807, 2.05) is 0 Å². The maximum absolute atomic E-state index is 8.33. The molecule has 1 rings (SSSR count). The van der Waals surface area contributed by atoms with Gasteiger partial charge in [-0.3, -0.25) is 0 Å². The molecule has 12 heavy (non-hydrogen) atoms. The molecule has 1 aliphatic carbocycles. The van der Waals surface area contributed by atoms with E-state index in [4.69, 9.17) is 17.5 Å². The first-order chi connectivity index (χ1) is 5.56. The summed E-state index contributed by atoms with van der Waals surface area (Å²) >= 11 is 8.35. The predicted molar refractivity (Wildman–Crippen MR) is 60.4 cm³/mol. The molecule has 4 heteroatoms. The maximum Gasteiger partial charge on any atom is 0.105 e. The van der Waals surface area contributed by atoms with Gasteiger partial charge in [-0.05, 0) is 11.8 Å². The molecule has 0 aromatic rings. The lowest BCUT2D eigenvalue weighted by atomic mass is 10.2. The van der Waals surface area contributed by atoms with Gasteiger partial charge in [-0.1, -0.05) is 37.8 Å². The molecule has 1 fully saturated rings. The molecule has 0 aromatic carbocycles. The van der Waals surface area contributed by atoms with Crippen molar-refractivity contribution < 1.29 is 0 Å². The topological polar surface area (TPSA) is 23.8 Å². The van der Waals surface area contributed by atoms with Crippen LogP contribution in [-0.2, 0) is 0 Å². The van der Waals surface area contributed by atoms with Crippen molar-refractivity contribution in [3.05, 3.63) is 0 Å². The minimum Gasteiger partial charge on any atom is -0.197 e. The summed E-state index contributed by atoms with van der Waals surface area (Å²) in [7, 11) is 0. The Balaban J connectivity index is 2.17. The van der Waals surface area contributed by atoms with Gasteiger partial charge in [0.25, 0.3) is 0 Å². The van der Waals surface area contributed by atoms with E-state index >= 15 is 0 Å². The zero-order valence-corrected chi connectivity index (χ0v) is 9.61. The van der Waals surface area contributed by atoms with E-state index in [1.54, 1.807) is 11.8 Å². The van der Waals surface area contributed by atoms with E-state index in [1.165, 1.54) is 18.2 Å². The van der Waals surface area contributed by atoms with E-state index in [9.17, 15) is 0 Å². The Morgan fingerprint density at radius 1 is 1.75 bits per heavy atom. The van der Waals surface area contributed by atoms with Gasteiger partial charge < -0.3 is 0 Å². The second kappa shape index (κ2) is 3.99. The smallest absolute Gasteiger partial charge is 0.105 e. The van der Waals surface area contributed by atoms with Crippen LogP contribution in [0.4, 0.5) is 0 Å². The third-order valence-electron chi connectivity index (χ3n) is 1.92. The maximum atomic E-state index is 8.33. The van der Waals surface area contributed by atoms with Crippen molar-refractivity contribution in [2.45, 2.75) is 25.5 Å². The molecule has 0 saturated heterocycles. The number of hydrogen-bond donors (Lipinski definition) is 0. The molecule has 0 spiro atoms. The van der Waals surface area contributed by atoms with Crippen molar-refractivity contribution in [3.8, 4) is 6.07 Å². The third kappa shape index (κ3) is 2.96. The van der Waals surface area contributed by atoms with Crippen molar-refractivity contribution in [3.63, 3.8) is 0 Å². The highest BCUT2D eigenvalue weighted by atomic mass is 32.2. The summed E-state index contributed by atoms with van der Waals surface area (Å²) in [6, 6.07) is 2.08. The highest BCUT2D eigenvalue weighted by molar-refractivity contribution is 8.47. The number of thioether (sulfide) groups is 2. The van der Waals surface area contributed by atoms with Crippen molar-refractivity contribution in [2.75, 3.05) is 5.75 Å². The van der Waals surface area contributed by atoms with E-state index in [-0.39, 0.29) is 0 Å². The van der Waals surface area contributed by atoms with Gasteiger partial charge >= 0.3 is 0 Å². The molecule has 0 radical (unpaired) electrons. The second-order valence-corrected chi connectivity index (χ2v) is 6.88. The second-order valence-electron chi connectivity index (χ2n) is 3.50. The Kier molecular flexibility index (Phi) is 3.45. The molecule has 1 unspecified atom stereocenters. The van der Waals surface area contributed by atoms with Crippen LogP contribution in [0.2, 0.25) is 0 Å². The molecular weight excluding hydrogens is 206 g/mol. The predicted octanol–water partition coefficient (Wildman–Crippen LogP) is 3.06. The first-order valence-corrected chi connectivity index (χ1v) is 6.04. The Hall–Kier alpha value is 0.280. The van der Waals surface area contributed by atoms with Crippen molar-refractivity contribution in [2.24, 2.45) is 5.41 Å². The fourth-order valence-corrected chi connectivity index (χ4v) is 3.43. The quantitative estimate of drug-likeness (QED) is 0.663. The van der Waals surface area contributed by atoms with Crippen LogP contribution in [-0.4, -0.2) is 14.5 Å². The molecule has 0 N–H and O–H groups in total. The highest BCUT2D eigenvalue weighted by Gasteiger charge is 2.46. The minimum absolute atomic E-state index is 0.474. The Morgan fingerprint density at radius 3 is 2.75 bits per heavy atom. The van der Waals surface area contributed by atoms with Crippen LogP contribution < -0.4 is 0 Å². The molecule has 0 bridgehead atoms. The number of rotatable bonds is 2. The number of thiocarbonyl (C=S) groups is 1. The molecule has 0 aliphatic heterocycles. The average molecular weight is 217 g/mol. The van der Waals surface area contributed by atoms with E-state index in [0.29, 0.717) is 16.4 Å². The number of hydrogen-bond acceptors (Lipinski definition) is 4.